The van der Waals surface area contributed by atoms with Crippen molar-refractivity contribution in [1.82, 2.24) is 24.8 Å². The molecule has 0 amide bonds. The SMILES string of the molecule is Nc1ncc(-c2nc(N3CCOCC3)c3sc(CN4CCc5ccccc5C4)cc3n2)cn1. The van der Waals surface area contributed by atoms with Gasteiger partial charge in [0.2, 0.25) is 5.95 Å². The molecule has 0 radical (unpaired) electrons. The van der Waals surface area contributed by atoms with Crippen LogP contribution in [-0.4, -0.2) is 57.7 Å². The molecule has 0 unspecified atom stereocenters. The fourth-order valence-corrected chi connectivity index (χ4v) is 5.68. The molecule has 1 aromatic carbocycles. The Labute approximate surface area is 196 Å². The number of hydrogen-bond acceptors (Lipinski definition) is 9. The predicted molar refractivity (Wildman–Crippen MR) is 130 cm³/mol. The third-order valence-corrected chi connectivity index (χ3v) is 7.34. The van der Waals surface area contributed by atoms with Crippen molar-refractivity contribution in [3.05, 3.63) is 58.7 Å². The summed E-state index contributed by atoms with van der Waals surface area (Å²) < 4.78 is 6.70. The van der Waals surface area contributed by atoms with Crippen molar-refractivity contribution >= 4 is 33.3 Å². The summed E-state index contributed by atoms with van der Waals surface area (Å²) in [6.45, 7) is 6.02. The van der Waals surface area contributed by atoms with Crippen molar-refractivity contribution < 1.29 is 4.74 Å². The van der Waals surface area contributed by atoms with Gasteiger partial charge in [0.05, 0.1) is 29.0 Å². The van der Waals surface area contributed by atoms with Crippen LogP contribution in [-0.2, 0) is 24.2 Å². The van der Waals surface area contributed by atoms with Crippen LogP contribution in [0.2, 0.25) is 0 Å². The van der Waals surface area contributed by atoms with Gasteiger partial charge >= 0.3 is 0 Å². The summed E-state index contributed by atoms with van der Waals surface area (Å²) in [4.78, 5) is 24.2. The zero-order valence-corrected chi connectivity index (χ0v) is 19.1. The standard InChI is InChI=1S/C24H25N7OS/c25-24-26-12-18(13-27-24)22-28-20-11-19(15-30-6-5-16-3-1-2-4-17(16)14-30)33-21(20)23(29-22)31-7-9-32-10-8-31/h1-4,11-13H,5-10,14-15H2,(H2,25,26,27). The van der Waals surface area contributed by atoms with Gasteiger partial charge in [0, 0.05) is 50.0 Å². The maximum absolute atomic E-state index is 5.68. The van der Waals surface area contributed by atoms with Gasteiger partial charge in [0.25, 0.3) is 0 Å². The number of rotatable bonds is 4. The molecule has 0 spiro atoms. The zero-order valence-electron chi connectivity index (χ0n) is 18.3. The number of aromatic nitrogens is 4. The molecule has 1 fully saturated rings. The Morgan fingerprint density at radius 3 is 2.61 bits per heavy atom. The van der Waals surface area contributed by atoms with Crippen LogP contribution < -0.4 is 10.6 Å². The molecule has 0 bridgehead atoms. The lowest BCUT2D eigenvalue weighted by Gasteiger charge is -2.28. The van der Waals surface area contributed by atoms with E-state index in [0.717, 1.165) is 60.7 Å². The summed E-state index contributed by atoms with van der Waals surface area (Å²) >= 11 is 1.80. The van der Waals surface area contributed by atoms with Gasteiger partial charge in [0.1, 0.15) is 0 Å². The Bertz CT molecular complexity index is 1280. The second-order valence-electron chi connectivity index (χ2n) is 8.46. The van der Waals surface area contributed by atoms with Crippen LogP contribution >= 0.6 is 11.3 Å². The maximum Gasteiger partial charge on any atom is 0.219 e. The molecule has 3 aromatic heterocycles. The van der Waals surface area contributed by atoms with E-state index >= 15 is 0 Å². The second-order valence-corrected chi connectivity index (χ2v) is 9.59. The highest BCUT2D eigenvalue weighted by molar-refractivity contribution is 7.19. The first-order valence-electron chi connectivity index (χ1n) is 11.2. The van der Waals surface area contributed by atoms with E-state index in [0.29, 0.717) is 19.0 Å². The number of nitrogens with two attached hydrogens (primary N) is 1. The van der Waals surface area contributed by atoms with E-state index in [1.807, 2.05) is 0 Å². The minimum Gasteiger partial charge on any atom is -0.378 e. The Hall–Kier alpha value is -3.14. The first kappa shape index (κ1) is 20.5. The van der Waals surface area contributed by atoms with E-state index in [1.165, 1.54) is 16.0 Å². The molecule has 4 aromatic rings. The van der Waals surface area contributed by atoms with Gasteiger partial charge < -0.3 is 15.4 Å². The Morgan fingerprint density at radius 2 is 1.79 bits per heavy atom. The van der Waals surface area contributed by atoms with Crippen molar-refractivity contribution in [3.8, 4) is 11.4 Å². The first-order valence-corrected chi connectivity index (χ1v) is 12.0. The number of morpholine rings is 1. The Morgan fingerprint density at radius 1 is 1.00 bits per heavy atom. The number of thiophene rings is 1. The Balaban J connectivity index is 1.35. The molecule has 0 atom stereocenters. The van der Waals surface area contributed by atoms with Crippen LogP contribution in [0, 0.1) is 0 Å². The van der Waals surface area contributed by atoms with E-state index in [4.69, 9.17) is 20.4 Å². The zero-order chi connectivity index (χ0) is 22.2. The van der Waals surface area contributed by atoms with E-state index < -0.39 is 0 Å². The lowest BCUT2D eigenvalue weighted by atomic mass is 10.00. The molecule has 2 aliphatic rings. The molecule has 5 heterocycles. The van der Waals surface area contributed by atoms with Gasteiger partial charge in [-0.05, 0) is 23.6 Å². The number of ether oxygens (including phenoxy) is 1. The quantitative estimate of drug-likeness (QED) is 0.498. The minimum atomic E-state index is 0.245. The smallest absolute Gasteiger partial charge is 0.219 e. The molecule has 0 aliphatic carbocycles. The summed E-state index contributed by atoms with van der Waals surface area (Å²) in [6.07, 6.45) is 4.47. The number of anilines is 2. The fraction of sp³-hybridized carbons (Fsp3) is 0.333. The highest BCUT2D eigenvalue weighted by Crippen LogP contribution is 2.35. The average Bonchev–Trinajstić information content (AvgIpc) is 3.26. The molecule has 33 heavy (non-hydrogen) atoms. The highest BCUT2D eigenvalue weighted by atomic mass is 32.1. The van der Waals surface area contributed by atoms with Crippen LogP contribution in [0.25, 0.3) is 21.6 Å². The molecule has 2 aliphatic heterocycles. The molecular weight excluding hydrogens is 434 g/mol. The largest absolute Gasteiger partial charge is 0.378 e. The van der Waals surface area contributed by atoms with Crippen LogP contribution in [0.3, 0.4) is 0 Å². The van der Waals surface area contributed by atoms with E-state index in [-0.39, 0.29) is 5.95 Å². The third-order valence-electron chi connectivity index (χ3n) is 6.23. The summed E-state index contributed by atoms with van der Waals surface area (Å²) in [5.41, 5.74) is 10.3. The van der Waals surface area contributed by atoms with Crippen molar-refractivity contribution in [3.63, 3.8) is 0 Å². The molecule has 0 saturated carbocycles. The summed E-state index contributed by atoms with van der Waals surface area (Å²) in [7, 11) is 0. The third kappa shape index (κ3) is 4.15. The van der Waals surface area contributed by atoms with Crippen LogP contribution in [0.1, 0.15) is 16.0 Å². The molecule has 9 heteroatoms. The van der Waals surface area contributed by atoms with E-state index in [2.05, 4.69) is 50.1 Å². The van der Waals surface area contributed by atoms with Gasteiger partial charge in [-0.25, -0.2) is 19.9 Å². The molecule has 2 N–H and O–H groups in total. The monoisotopic (exact) mass is 459 g/mol. The van der Waals surface area contributed by atoms with Crippen molar-refractivity contribution in [2.45, 2.75) is 19.5 Å². The normalized spacial score (nSPS) is 16.8. The van der Waals surface area contributed by atoms with Gasteiger partial charge in [-0.15, -0.1) is 11.3 Å². The van der Waals surface area contributed by atoms with Gasteiger partial charge in [-0.3, -0.25) is 4.90 Å². The minimum absolute atomic E-state index is 0.245. The number of nitrogens with zero attached hydrogens (tertiary/aromatic N) is 6. The van der Waals surface area contributed by atoms with Crippen LogP contribution in [0.4, 0.5) is 11.8 Å². The van der Waals surface area contributed by atoms with Crippen molar-refractivity contribution in [1.29, 1.82) is 0 Å². The molecular formula is C24H25N7OS. The van der Waals surface area contributed by atoms with Crippen LogP contribution in [0.5, 0.6) is 0 Å². The summed E-state index contributed by atoms with van der Waals surface area (Å²) in [5.74, 6) is 1.84. The number of benzene rings is 1. The van der Waals surface area contributed by atoms with Crippen molar-refractivity contribution in [2.24, 2.45) is 0 Å². The number of hydrogen-bond donors (Lipinski definition) is 1. The van der Waals surface area contributed by atoms with Crippen molar-refractivity contribution in [2.75, 3.05) is 43.5 Å². The van der Waals surface area contributed by atoms with Gasteiger partial charge in [-0.2, -0.15) is 0 Å². The topological polar surface area (TPSA) is 93.3 Å². The molecule has 8 nitrogen and oxygen atoms in total. The average molecular weight is 460 g/mol. The summed E-state index contributed by atoms with van der Waals surface area (Å²) in [5, 5.41) is 0. The molecule has 168 valence electrons. The van der Waals surface area contributed by atoms with Crippen LogP contribution in [0.15, 0.2) is 42.7 Å². The fourth-order valence-electron chi connectivity index (χ4n) is 4.52. The molecule has 6 rings (SSSR count). The van der Waals surface area contributed by atoms with Gasteiger partial charge in [0.15, 0.2) is 11.6 Å². The molecule has 1 saturated heterocycles. The lowest BCUT2D eigenvalue weighted by molar-refractivity contribution is 0.122. The lowest BCUT2D eigenvalue weighted by Crippen LogP contribution is -2.36. The highest BCUT2D eigenvalue weighted by Gasteiger charge is 2.22. The maximum atomic E-state index is 5.68. The van der Waals surface area contributed by atoms with E-state index in [9.17, 15) is 0 Å². The van der Waals surface area contributed by atoms with E-state index in [1.54, 1.807) is 23.7 Å². The predicted octanol–water partition coefficient (Wildman–Crippen LogP) is 3.13. The number of fused-ring (bicyclic) bond motifs is 2. The van der Waals surface area contributed by atoms with Gasteiger partial charge in [-0.1, -0.05) is 24.3 Å². The second kappa shape index (κ2) is 8.66. The summed E-state index contributed by atoms with van der Waals surface area (Å²) in [6, 6.07) is 11.0. The Kier molecular flexibility index (Phi) is 5.37. The first-order chi connectivity index (χ1) is 16.2. The number of nitrogen functional groups attached to an aromatic ring is 1.